The number of benzene rings is 1. The van der Waals surface area contributed by atoms with Gasteiger partial charge in [0.25, 0.3) is 11.9 Å². The van der Waals surface area contributed by atoms with E-state index in [4.69, 9.17) is 9.15 Å². The summed E-state index contributed by atoms with van der Waals surface area (Å²) in [6.45, 7) is 0.589. The summed E-state index contributed by atoms with van der Waals surface area (Å²) in [6, 6.07) is 15.2. The third kappa shape index (κ3) is 4.04. The Kier molecular flexibility index (Phi) is 5.84. The fourth-order valence-electron chi connectivity index (χ4n) is 3.85. The number of hydrogen-bond acceptors (Lipinski definition) is 7. The molecule has 4 aromatic heterocycles. The van der Waals surface area contributed by atoms with Gasteiger partial charge in [-0.15, -0.1) is 0 Å². The lowest BCUT2D eigenvalue weighted by molar-refractivity contribution is 0.0780. The van der Waals surface area contributed by atoms with E-state index in [2.05, 4.69) is 20.1 Å². The highest BCUT2D eigenvalue weighted by atomic mass is 16.5. The summed E-state index contributed by atoms with van der Waals surface area (Å²) in [7, 11) is 3.33. The summed E-state index contributed by atoms with van der Waals surface area (Å²) in [6.07, 6.45) is 6.50. The van der Waals surface area contributed by atoms with Crippen LogP contribution in [-0.4, -0.2) is 49.7 Å². The minimum absolute atomic E-state index is 0.168. The second-order valence-electron chi connectivity index (χ2n) is 7.72. The van der Waals surface area contributed by atoms with Crippen molar-refractivity contribution < 1.29 is 13.9 Å². The van der Waals surface area contributed by atoms with Gasteiger partial charge in [0.1, 0.15) is 5.69 Å². The molecule has 170 valence electrons. The van der Waals surface area contributed by atoms with Crippen LogP contribution in [-0.2, 0) is 17.9 Å². The number of pyridine rings is 1. The van der Waals surface area contributed by atoms with Gasteiger partial charge in [0, 0.05) is 38.5 Å². The molecule has 0 fully saturated rings. The Labute approximate surface area is 195 Å². The van der Waals surface area contributed by atoms with Crippen LogP contribution in [0.15, 0.2) is 77.8 Å². The van der Waals surface area contributed by atoms with Crippen molar-refractivity contribution in [2.24, 2.45) is 0 Å². The molecule has 0 bridgehead atoms. The van der Waals surface area contributed by atoms with Gasteiger partial charge in [0.2, 0.25) is 0 Å². The van der Waals surface area contributed by atoms with Crippen molar-refractivity contribution in [3.05, 3.63) is 90.2 Å². The van der Waals surface area contributed by atoms with E-state index in [1.165, 1.54) is 10.9 Å². The largest absolute Gasteiger partial charge is 0.463 e. The standard InChI is InChI=1S/C25H22N6O3/c1-30(15-17-6-3-8-20-18(17)7-4-11-26-20)24(32)19-14-28-31(22(19)16-33-2)25-27-12-10-21(29-25)23-9-5-13-34-23/h3-14H,15-16H2,1-2H3. The fourth-order valence-corrected chi connectivity index (χ4v) is 3.85. The number of fused-ring (bicyclic) bond motifs is 1. The lowest BCUT2D eigenvalue weighted by Crippen LogP contribution is -2.27. The third-order valence-corrected chi connectivity index (χ3v) is 5.48. The van der Waals surface area contributed by atoms with Crippen molar-refractivity contribution in [1.82, 2.24) is 29.6 Å². The highest BCUT2D eigenvalue weighted by molar-refractivity contribution is 5.95. The number of rotatable bonds is 7. The van der Waals surface area contributed by atoms with Gasteiger partial charge in [0.05, 0.1) is 35.8 Å². The van der Waals surface area contributed by atoms with Crippen LogP contribution < -0.4 is 0 Å². The maximum atomic E-state index is 13.4. The molecule has 9 heteroatoms. The average Bonchev–Trinajstić information content (AvgIpc) is 3.55. The summed E-state index contributed by atoms with van der Waals surface area (Å²) in [5.41, 5.74) is 3.51. The second kappa shape index (κ2) is 9.24. The first kappa shape index (κ1) is 21.5. The van der Waals surface area contributed by atoms with Gasteiger partial charge in [-0.3, -0.25) is 9.78 Å². The topological polar surface area (TPSA) is 99.2 Å². The average molecular weight is 454 g/mol. The molecule has 0 saturated heterocycles. The van der Waals surface area contributed by atoms with E-state index in [1.54, 1.807) is 49.8 Å². The molecule has 0 radical (unpaired) electrons. The normalized spacial score (nSPS) is 11.1. The number of furan rings is 1. The minimum Gasteiger partial charge on any atom is -0.463 e. The van der Waals surface area contributed by atoms with Crippen LogP contribution in [0.3, 0.4) is 0 Å². The Morgan fingerprint density at radius 2 is 2.00 bits per heavy atom. The van der Waals surface area contributed by atoms with Crippen molar-refractivity contribution in [2.45, 2.75) is 13.2 Å². The number of amides is 1. The molecule has 5 aromatic rings. The van der Waals surface area contributed by atoms with Crippen LogP contribution in [0, 0.1) is 0 Å². The number of aromatic nitrogens is 5. The predicted octanol–water partition coefficient (Wildman–Crippen LogP) is 3.89. The fraction of sp³-hybridized carbons (Fsp3) is 0.160. The summed E-state index contributed by atoms with van der Waals surface area (Å²) < 4.78 is 12.4. The maximum Gasteiger partial charge on any atom is 0.257 e. The number of carbonyl (C=O) groups excluding carboxylic acids is 1. The lowest BCUT2D eigenvalue weighted by atomic mass is 10.1. The number of ether oxygens (including phenoxy) is 1. The van der Waals surface area contributed by atoms with Crippen LogP contribution in [0.5, 0.6) is 0 Å². The van der Waals surface area contributed by atoms with Gasteiger partial charge < -0.3 is 14.1 Å². The monoisotopic (exact) mass is 454 g/mol. The molecule has 5 rings (SSSR count). The molecule has 34 heavy (non-hydrogen) atoms. The van der Waals surface area contributed by atoms with E-state index in [9.17, 15) is 4.79 Å². The lowest BCUT2D eigenvalue weighted by Gasteiger charge is -2.18. The van der Waals surface area contributed by atoms with Gasteiger partial charge in [-0.2, -0.15) is 9.78 Å². The maximum absolute atomic E-state index is 13.4. The molecule has 4 heterocycles. The van der Waals surface area contributed by atoms with Crippen LogP contribution in [0.2, 0.25) is 0 Å². The van der Waals surface area contributed by atoms with Gasteiger partial charge >= 0.3 is 0 Å². The van der Waals surface area contributed by atoms with Crippen molar-refractivity contribution in [2.75, 3.05) is 14.2 Å². The SMILES string of the molecule is COCc1c(C(=O)N(C)Cc2cccc3ncccc23)cnn1-c1nccc(-c2ccco2)n1. The van der Waals surface area contributed by atoms with E-state index in [0.717, 1.165) is 16.5 Å². The smallest absolute Gasteiger partial charge is 0.257 e. The molecule has 0 aliphatic heterocycles. The van der Waals surface area contributed by atoms with E-state index in [0.29, 0.717) is 35.2 Å². The van der Waals surface area contributed by atoms with E-state index in [1.807, 2.05) is 36.4 Å². The van der Waals surface area contributed by atoms with Crippen LogP contribution in [0.4, 0.5) is 0 Å². The molecule has 0 aliphatic rings. The third-order valence-electron chi connectivity index (χ3n) is 5.48. The summed E-state index contributed by atoms with van der Waals surface area (Å²) in [4.78, 5) is 28.4. The summed E-state index contributed by atoms with van der Waals surface area (Å²) in [5.74, 6) is 0.758. The second-order valence-corrected chi connectivity index (χ2v) is 7.72. The highest BCUT2D eigenvalue weighted by Crippen LogP contribution is 2.22. The molecular formula is C25H22N6O3. The molecule has 0 N–H and O–H groups in total. The summed E-state index contributed by atoms with van der Waals surface area (Å²) in [5, 5.41) is 5.43. The van der Waals surface area contributed by atoms with Gasteiger partial charge in [-0.05, 0) is 35.9 Å². The molecule has 1 amide bonds. The van der Waals surface area contributed by atoms with E-state index < -0.39 is 0 Å². The Morgan fingerprint density at radius 1 is 1.09 bits per heavy atom. The molecule has 9 nitrogen and oxygen atoms in total. The van der Waals surface area contributed by atoms with Crippen molar-refractivity contribution in [3.63, 3.8) is 0 Å². The van der Waals surface area contributed by atoms with Crippen molar-refractivity contribution in [3.8, 4) is 17.4 Å². The molecule has 0 aliphatic carbocycles. The zero-order chi connectivity index (χ0) is 23.5. The van der Waals surface area contributed by atoms with Gasteiger partial charge in [0.15, 0.2) is 5.76 Å². The first-order valence-corrected chi connectivity index (χ1v) is 10.7. The van der Waals surface area contributed by atoms with Crippen molar-refractivity contribution >= 4 is 16.8 Å². The summed E-state index contributed by atoms with van der Waals surface area (Å²) >= 11 is 0. The van der Waals surface area contributed by atoms with E-state index in [-0.39, 0.29) is 12.5 Å². The minimum atomic E-state index is -0.179. The predicted molar refractivity (Wildman–Crippen MR) is 125 cm³/mol. The quantitative estimate of drug-likeness (QED) is 0.368. The molecule has 0 saturated carbocycles. The Bertz CT molecular complexity index is 1440. The molecule has 0 unspecified atom stereocenters. The van der Waals surface area contributed by atoms with Gasteiger partial charge in [-0.25, -0.2) is 9.97 Å². The Balaban J connectivity index is 1.46. The number of methoxy groups -OCH3 is 1. The number of carbonyl (C=O) groups is 1. The zero-order valence-electron chi connectivity index (χ0n) is 18.8. The van der Waals surface area contributed by atoms with Crippen LogP contribution in [0.1, 0.15) is 21.6 Å². The van der Waals surface area contributed by atoms with Gasteiger partial charge in [-0.1, -0.05) is 18.2 Å². The molecule has 1 aromatic carbocycles. The first-order valence-electron chi connectivity index (χ1n) is 10.7. The van der Waals surface area contributed by atoms with Crippen LogP contribution >= 0.6 is 0 Å². The zero-order valence-corrected chi connectivity index (χ0v) is 18.8. The highest BCUT2D eigenvalue weighted by Gasteiger charge is 2.23. The Morgan fingerprint density at radius 3 is 2.82 bits per heavy atom. The number of nitrogens with zero attached hydrogens (tertiary/aromatic N) is 6. The Hall–Kier alpha value is -4.37. The first-order chi connectivity index (χ1) is 16.7. The molecule has 0 atom stereocenters. The van der Waals surface area contributed by atoms with E-state index >= 15 is 0 Å². The molecule has 0 spiro atoms. The molecular weight excluding hydrogens is 432 g/mol. The van der Waals surface area contributed by atoms with Crippen molar-refractivity contribution in [1.29, 1.82) is 0 Å². The van der Waals surface area contributed by atoms with Crippen LogP contribution in [0.25, 0.3) is 28.3 Å². The number of hydrogen-bond donors (Lipinski definition) is 0.